The SMILES string of the molecule is CCC(C)(C)c1ccc(OCC(N)(C#N)C2CC2)cc1. The Bertz CT molecular complexity index is 497. The van der Waals surface area contributed by atoms with E-state index in [-0.39, 0.29) is 12.0 Å². The molecular weight excluding hydrogens is 248 g/mol. The van der Waals surface area contributed by atoms with E-state index in [4.69, 9.17) is 10.5 Å². The molecule has 0 amide bonds. The molecule has 2 N–H and O–H groups in total. The fraction of sp³-hybridized carbons (Fsp3) is 0.588. The van der Waals surface area contributed by atoms with Crippen molar-refractivity contribution in [2.24, 2.45) is 11.7 Å². The highest BCUT2D eigenvalue weighted by Gasteiger charge is 2.43. The largest absolute Gasteiger partial charge is 0.491 e. The molecule has 1 aliphatic carbocycles. The van der Waals surface area contributed by atoms with E-state index in [1.165, 1.54) is 5.56 Å². The Hall–Kier alpha value is -1.53. The maximum absolute atomic E-state index is 9.20. The van der Waals surface area contributed by atoms with Crippen molar-refractivity contribution in [2.75, 3.05) is 6.61 Å². The summed E-state index contributed by atoms with van der Waals surface area (Å²) < 4.78 is 5.72. The van der Waals surface area contributed by atoms with Crippen LogP contribution >= 0.6 is 0 Å². The number of nitrogens with two attached hydrogens (primary N) is 1. The first-order valence-electron chi connectivity index (χ1n) is 7.35. The molecule has 1 fully saturated rings. The zero-order valence-electron chi connectivity index (χ0n) is 12.6. The zero-order valence-corrected chi connectivity index (χ0v) is 12.6. The summed E-state index contributed by atoms with van der Waals surface area (Å²) >= 11 is 0. The van der Waals surface area contributed by atoms with Crippen molar-refractivity contribution in [1.29, 1.82) is 5.26 Å². The Morgan fingerprint density at radius 1 is 1.30 bits per heavy atom. The van der Waals surface area contributed by atoms with Gasteiger partial charge in [0.1, 0.15) is 17.9 Å². The lowest BCUT2D eigenvalue weighted by Gasteiger charge is -2.24. The molecule has 0 saturated heterocycles. The molecule has 108 valence electrons. The van der Waals surface area contributed by atoms with Crippen molar-refractivity contribution in [3.05, 3.63) is 29.8 Å². The van der Waals surface area contributed by atoms with Crippen molar-refractivity contribution in [3.63, 3.8) is 0 Å². The van der Waals surface area contributed by atoms with Crippen LogP contribution in [0.3, 0.4) is 0 Å². The minimum absolute atomic E-state index is 0.177. The van der Waals surface area contributed by atoms with Gasteiger partial charge in [0.25, 0.3) is 0 Å². The van der Waals surface area contributed by atoms with Crippen molar-refractivity contribution >= 4 is 0 Å². The third kappa shape index (κ3) is 3.13. The summed E-state index contributed by atoms with van der Waals surface area (Å²) in [5, 5.41) is 9.20. The van der Waals surface area contributed by atoms with Crippen molar-refractivity contribution in [3.8, 4) is 11.8 Å². The summed E-state index contributed by atoms with van der Waals surface area (Å²) in [5.74, 6) is 1.08. The van der Waals surface area contributed by atoms with Crippen LogP contribution < -0.4 is 10.5 Å². The van der Waals surface area contributed by atoms with Gasteiger partial charge in [0, 0.05) is 0 Å². The second-order valence-corrected chi connectivity index (χ2v) is 6.48. The predicted molar refractivity (Wildman–Crippen MR) is 80.5 cm³/mol. The van der Waals surface area contributed by atoms with Crippen LogP contribution in [0.2, 0.25) is 0 Å². The van der Waals surface area contributed by atoms with Gasteiger partial charge >= 0.3 is 0 Å². The van der Waals surface area contributed by atoms with Gasteiger partial charge in [-0.05, 0) is 48.3 Å². The van der Waals surface area contributed by atoms with Crippen LogP contribution in [0.5, 0.6) is 5.75 Å². The van der Waals surface area contributed by atoms with E-state index in [9.17, 15) is 5.26 Å². The van der Waals surface area contributed by atoms with Crippen LogP contribution in [-0.2, 0) is 5.41 Å². The first kappa shape index (κ1) is 14.9. The third-order valence-electron chi connectivity index (χ3n) is 4.51. The number of benzene rings is 1. The molecule has 0 bridgehead atoms. The van der Waals surface area contributed by atoms with E-state index >= 15 is 0 Å². The highest BCUT2D eigenvalue weighted by atomic mass is 16.5. The van der Waals surface area contributed by atoms with Crippen LogP contribution in [-0.4, -0.2) is 12.1 Å². The summed E-state index contributed by atoms with van der Waals surface area (Å²) in [6, 6.07) is 10.3. The number of nitrogens with zero attached hydrogens (tertiary/aromatic N) is 1. The maximum atomic E-state index is 9.20. The second-order valence-electron chi connectivity index (χ2n) is 6.48. The van der Waals surface area contributed by atoms with Crippen molar-refractivity contribution in [2.45, 2.75) is 51.0 Å². The fourth-order valence-electron chi connectivity index (χ4n) is 2.25. The maximum Gasteiger partial charge on any atom is 0.141 e. The first-order chi connectivity index (χ1) is 9.41. The number of nitriles is 1. The Labute approximate surface area is 121 Å². The summed E-state index contributed by atoms with van der Waals surface area (Å²) in [6.45, 7) is 6.92. The van der Waals surface area contributed by atoms with E-state index in [0.717, 1.165) is 25.0 Å². The molecule has 3 nitrogen and oxygen atoms in total. The van der Waals surface area contributed by atoms with Crippen LogP contribution in [0.25, 0.3) is 0 Å². The molecule has 20 heavy (non-hydrogen) atoms. The average molecular weight is 272 g/mol. The van der Waals surface area contributed by atoms with Gasteiger partial charge in [-0.1, -0.05) is 32.9 Å². The van der Waals surface area contributed by atoms with Gasteiger partial charge in [-0.15, -0.1) is 0 Å². The zero-order chi connectivity index (χ0) is 14.8. The lowest BCUT2D eigenvalue weighted by atomic mass is 9.82. The van der Waals surface area contributed by atoms with Gasteiger partial charge in [-0.25, -0.2) is 0 Å². The van der Waals surface area contributed by atoms with Crippen LogP contribution in [0.15, 0.2) is 24.3 Å². The molecular formula is C17H24N2O. The third-order valence-corrected chi connectivity index (χ3v) is 4.51. The van der Waals surface area contributed by atoms with E-state index in [1.807, 2.05) is 12.1 Å². The highest BCUT2D eigenvalue weighted by Crippen LogP contribution is 2.38. The number of ether oxygens (including phenoxy) is 1. The van der Waals surface area contributed by atoms with Gasteiger partial charge in [0.05, 0.1) is 6.07 Å². The molecule has 3 heteroatoms. The first-order valence-corrected chi connectivity index (χ1v) is 7.35. The minimum Gasteiger partial charge on any atom is -0.491 e. The van der Waals surface area contributed by atoms with Gasteiger partial charge in [0.15, 0.2) is 0 Å². The molecule has 1 aromatic carbocycles. The highest BCUT2D eigenvalue weighted by molar-refractivity contribution is 5.32. The van der Waals surface area contributed by atoms with E-state index in [2.05, 4.69) is 39.0 Å². The molecule has 1 unspecified atom stereocenters. The Kier molecular flexibility index (Phi) is 4.06. The van der Waals surface area contributed by atoms with Crippen LogP contribution in [0.1, 0.15) is 45.6 Å². The lowest BCUT2D eigenvalue weighted by Crippen LogP contribution is -2.46. The minimum atomic E-state index is -0.832. The molecule has 1 aliphatic rings. The second kappa shape index (κ2) is 5.46. The molecule has 0 radical (unpaired) electrons. The summed E-state index contributed by atoms with van der Waals surface area (Å²) in [6.07, 6.45) is 3.17. The summed E-state index contributed by atoms with van der Waals surface area (Å²) in [7, 11) is 0. The average Bonchev–Trinajstić information content (AvgIpc) is 3.30. The molecule has 0 aromatic heterocycles. The van der Waals surface area contributed by atoms with Gasteiger partial charge in [-0.2, -0.15) is 5.26 Å². The molecule has 0 heterocycles. The standard InChI is InChI=1S/C17H24N2O/c1-4-16(2,3)13-7-9-15(10-8-13)20-12-17(19,11-18)14-5-6-14/h7-10,14H,4-6,12,19H2,1-3H3. The van der Waals surface area contributed by atoms with Crippen molar-refractivity contribution < 1.29 is 4.74 Å². The van der Waals surface area contributed by atoms with E-state index in [0.29, 0.717) is 5.92 Å². The molecule has 0 spiro atoms. The van der Waals surface area contributed by atoms with E-state index < -0.39 is 5.54 Å². The molecule has 1 saturated carbocycles. The van der Waals surface area contributed by atoms with Gasteiger partial charge in [0.2, 0.25) is 0 Å². The molecule has 0 aliphatic heterocycles. The quantitative estimate of drug-likeness (QED) is 0.863. The fourth-order valence-corrected chi connectivity index (χ4v) is 2.25. The number of hydrogen-bond donors (Lipinski definition) is 1. The van der Waals surface area contributed by atoms with Gasteiger partial charge < -0.3 is 10.5 Å². The molecule has 1 aromatic rings. The molecule has 1 atom stereocenters. The van der Waals surface area contributed by atoms with Crippen LogP contribution in [0.4, 0.5) is 0 Å². The Morgan fingerprint density at radius 3 is 2.35 bits per heavy atom. The van der Waals surface area contributed by atoms with E-state index in [1.54, 1.807) is 0 Å². The van der Waals surface area contributed by atoms with Gasteiger partial charge in [-0.3, -0.25) is 0 Å². The monoisotopic (exact) mass is 272 g/mol. The van der Waals surface area contributed by atoms with Crippen molar-refractivity contribution in [1.82, 2.24) is 0 Å². The Morgan fingerprint density at radius 2 is 1.90 bits per heavy atom. The number of rotatable bonds is 6. The summed E-state index contributed by atoms with van der Waals surface area (Å²) in [4.78, 5) is 0. The Balaban J connectivity index is 1.99. The lowest BCUT2D eigenvalue weighted by molar-refractivity contribution is 0.237. The molecule has 2 rings (SSSR count). The topological polar surface area (TPSA) is 59.0 Å². The smallest absolute Gasteiger partial charge is 0.141 e. The predicted octanol–water partition coefficient (Wildman–Crippen LogP) is 3.38. The van der Waals surface area contributed by atoms with Crippen LogP contribution in [0, 0.1) is 17.2 Å². The number of hydrogen-bond acceptors (Lipinski definition) is 3. The normalized spacial score (nSPS) is 18.1. The summed E-state index contributed by atoms with van der Waals surface area (Å²) in [5.41, 5.74) is 6.73.